The highest BCUT2D eigenvalue weighted by Crippen LogP contribution is 2.19. The Morgan fingerprint density at radius 1 is 1.15 bits per heavy atom. The Morgan fingerprint density at radius 3 is 2.62 bits per heavy atom. The van der Waals surface area contributed by atoms with Gasteiger partial charge in [-0.05, 0) is 62.1 Å². The lowest BCUT2D eigenvalue weighted by molar-refractivity contribution is -0.127. The van der Waals surface area contributed by atoms with Gasteiger partial charge < -0.3 is 14.8 Å². The number of ether oxygens (including phenoxy) is 2. The van der Waals surface area contributed by atoms with Crippen LogP contribution in [0.2, 0.25) is 0 Å². The average molecular weight is 359 g/mol. The van der Waals surface area contributed by atoms with Crippen molar-refractivity contribution in [3.63, 3.8) is 0 Å². The first-order valence-corrected chi connectivity index (χ1v) is 9.00. The monoisotopic (exact) mass is 359 g/mol. The van der Waals surface area contributed by atoms with Gasteiger partial charge in [-0.25, -0.2) is 4.39 Å². The van der Waals surface area contributed by atoms with Crippen LogP contribution in [0.3, 0.4) is 0 Å². The summed E-state index contributed by atoms with van der Waals surface area (Å²) in [4.78, 5) is 12.1. The summed E-state index contributed by atoms with van der Waals surface area (Å²) >= 11 is 0. The molecule has 5 heteroatoms. The summed E-state index contributed by atoms with van der Waals surface area (Å²) in [5.41, 5.74) is 1.14. The van der Waals surface area contributed by atoms with Gasteiger partial charge in [-0.15, -0.1) is 0 Å². The number of carbonyl (C=O) groups is 1. The quantitative estimate of drug-likeness (QED) is 0.649. The summed E-state index contributed by atoms with van der Waals surface area (Å²) in [5, 5.41) is 2.87. The van der Waals surface area contributed by atoms with Crippen LogP contribution in [0.4, 0.5) is 4.39 Å². The van der Waals surface area contributed by atoms with E-state index >= 15 is 0 Å². The van der Waals surface area contributed by atoms with Crippen LogP contribution < -0.4 is 14.8 Å². The fourth-order valence-corrected chi connectivity index (χ4v) is 2.47. The van der Waals surface area contributed by atoms with Crippen molar-refractivity contribution in [1.82, 2.24) is 5.32 Å². The normalized spacial score (nSPS) is 11.7. The first-order valence-electron chi connectivity index (χ1n) is 9.00. The third kappa shape index (κ3) is 6.39. The molecule has 0 fully saturated rings. The molecule has 0 radical (unpaired) electrons. The van der Waals surface area contributed by atoms with Gasteiger partial charge in [-0.3, -0.25) is 4.79 Å². The number of carbonyl (C=O) groups excluding carboxylic acids is 1. The molecule has 0 aliphatic heterocycles. The maximum Gasteiger partial charge on any atom is 0.260 e. The maximum atomic E-state index is 12.9. The lowest BCUT2D eigenvalue weighted by Gasteiger charge is -2.15. The van der Waals surface area contributed by atoms with Crippen molar-refractivity contribution in [2.24, 2.45) is 0 Å². The predicted octanol–water partition coefficient (Wildman–Crippen LogP) is 4.13. The second-order valence-electron chi connectivity index (χ2n) is 6.06. The molecule has 2 aromatic carbocycles. The molecule has 0 saturated carbocycles. The summed E-state index contributed by atoms with van der Waals surface area (Å²) in [6.45, 7) is 5.00. The minimum Gasteiger partial charge on any atom is -0.493 e. The Labute approximate surface area is 154 Å². The Bertz CT molecular complexity index is 688. The lowest BCUT2D eigenvalue weighted by Crippen LogP contribution is -2.36. The Balaban J connectivity index is 1.73. The highest BCUT2D eigenvalue weighted by Gasteiger charge is 2.14. The first-order chi connectivity index (χ1) is 12.6. The van der Waals surface area contributed by atoms with Gasteiger partial charge in [0.05, 0.1) is 6.61 Å². The van der Waals surface area contributed by atoms with Gasteiger partial charge in [-0.1, -0.05) is 25.1 Å². The number of hydrogen-bond acceptors (Lipinski definition) is 3. The zero-order valence-electron chi connectivity index (χ0n) is 15.3. The van der Waals surface area contributed by atoms with Gasteiger partial charge in [-0.2, -0.15) is 0 Å². The zero-order valence-corrected chi connectivity index (χ0v) is 15.3. The predicted molar refractivity (Wildman–Crippen MR) is 100 cm³/mol. The highest BCUT2D eigenvalue weighted by atomic mass is 19.1. The van der Waals surface area contributed by atoms with Gasteiger partial charge in [0.1, 0.15) is 17.3 Å². The Kier molecular flexibility index (Phi) is 7.93. The van der Waals surface area contributed by atoms with Crippen molar-refractivity contribution in [2.75, 3.05) is 13.2 Å². The maximum absolute atomic E-state index is 12.9. The molecule has 2 rings (SSSR count). The number of nitrogens with one attached hydrogen (secondary N) is 1. The lowest BCUT2D eigenvalue weighted by atomic mass is 10.1. The van der Waals surface area contributed by atoms with Crippen molar-refractivity contribution in [1.29, 1.82) is 0 Å². The molecule has 4 nitrogen and oxygen atoms in total. The van der Waals surface area contributed by atoms with E-state index in [0.717, 1.165) is 30.6 Å². The molecule has 0 aromatic heterocycles. The molecule has 0 heterocycles. The van der Waals surface area contributed by atoms with Gasteiger partial charge >= 0.3 is 0 Å². The molecule has 1 N–H and O–H groups in total. The Hall–Kier alpha value is -2.56. The van der Waals surface area contributed by atoms with E-state index < -0.39 is 6.10 Å². The number of hydrogen-bond donors (Lipinski definition) is 1. The largest absolute Gasteiger partial charge is 0.493 e. The second-order valence-corrected chi connectivity index (χ2v) is 6.06. The van der Waals surface area contributed by atoms with E-state index in [1.165, 1.54) is 24.3 Å². The number of rotatable bonds is 10. The number of benzene rings is 2. The van der Waals surface area contributed by atoms with Crippen LogP contribution in [0.25, 0.3) is 0 Å². The van der Waals surface area contributed by atoms with Gasteiger partial charge in [0.2, 0.25) is 0 Å². The van der Waals surface area contributed by atoms with E-state index in [2.05, 4.69) is 12.2 Å². The average Bonchev–Trinajstić information content (AvgIpc) is 2.66. The van der Waals surface area contributed by atoms with E-state index in [1.807, 2.05) is 24.3 Å². The molecule has 0 aliphatic rings. The van der Waals surface area contributed by atoms with Crippen LogP contribution in [0.1, 0.15) is 32.3 Å². The van der Waals surface area contributed by atoms with E-state index in [1.54, 1.807) is 6.92 Å². The standard InChI is InChI=1S/C21H26FNO3/c1-3-15-25-20-9-5-4-7-17(20)8-6-14-23-21(24)16(2)26-19-12-10-18(22)11-13-19/h4-5,7,9-13,16H,3,6,8,14-15H2,1-2H3,(H,23,24)/t16-/m1/s1. The number of aryl methyl sites for hydroxylation is 1. The van der Waals surface area contributed by atoms with Gasteiger partial charge in [0, 0.05) is 6.54 Å². The smallest absolute Gasteiger partial charge is 0.260 e. The van der Waals surface area contributed by atoms with E-state index in [0.29, 0.717) is 18.9 Å². The summed E-state index contributed by atoms with van der Waals surface area (Å²) < 4.78 is 24.1. The molecule has 0 saturated heterocycles. The van der Waals surface area contributed by atoms with Gasteiger partial charge in [0.25, 0.3) is 5.91 Å². The van der Waals surface area contributed by atoms with E-state index in [9.17, 15) is 9.18 Å². The minimum absolute atomic E-state index is 0.190. The fourth-order valence-electron chi connectivity index (χ4n) is 2.47. The van der Waals surface area contributed by atoms with Gasteiger partial charge in [0.15, 0.2) is 6.10 Å². The number of halogens is 1. The van der Waals surface area contributed by atoms with Crippen molar-refractivity contribution in [2.45, 2.75) is 39.2 Å². The Morgan fingerprint density at radius 2 is 1.88 bits per heavy atom. The van der Waals surface area contributed by atoms with Crippen LogP contribution >= 0.6 is 0 Å². The molecule has 1 atom stereocenters. The molecular weight excluding hydrogens is 333 g/mol. The van der Waals surface area contributed by atoms with Crippen molar-refractivity contribution >= 4 is 5.91 Å². The SMILES string of the molecule is CCCOc1ccccc1CCCNC(=O)[C@@H](C)Oc1ccc(F)cc1. The van der Waals surface area contributed by atoms with Crippen LogP contribution in [-0.4, -0.2) is 25.2 Å². The van der Waals surface area contributed by atoms with Crippen LogP contribution in [0.5, 0.6) is 11.5 Å². The summed E-state index contributed by atoms with van der Waals surface area (Å²) in [6.07, 6.45) is 1.96. The first kappa shape index (κ1) is 19.8. The summed E-state index contributed by atoms with van der Waals surface area (Å²) in [6, 6.07) is 13.6. The number of amides is 1. The molecule has 140 valence electrons. The minimum atomic E-state index is -0.638. The summed E-state index contributed by atoms with van der Waals surface area (Å²) in [7, 11) is 0. The van der Waals surface area contributed by atoms with Crippen LogP contribution in [-0.2, 0) is 11.2 Å². The molecule has 0 unspecified atom stereocenters. The summed E-state index contributed by atoms with van der Waals surface area (Å²) in [5.74, 6) is 0.854. The third-order valence-electron chi connectivity index (χ3n) is 3.85. The third-order valence-corrected chi connectivity index (χ3v) is 3.85. The molecule has 0 bridgehead atoms. The fraction of sp³-hybridized carbons (Fsp3) is 0.381. The van der Waals surface area contributed by atoms with Crippen LogP contribution in [0.15, 0.2) is 48.5 Å². The molecule has 0 spiro atoms. The zero-order chi connectivity index (χ0) is 18.8. The van der Waals surface area contributed by atoms with E-state index in [-0.39, 0.29) is 11.7 Å². The number of para-hydroxylation sites is 1. The van der Waals surface area contributed by atoms with Crippen molar-refractivity contribution in [3.8, 4) is 11.5 Å². The topological polar surface area (TPSA) is 47.6 Å². The molecule has 1 amide bonds. The van der Waals surface area contributed by atoms with Crippen LogP contribution in [0, 0.1) is 5.82 Å². The molecule has 2 aromatic rings. The molecular formula is C21H26FNO3. The highest BCUT2D eigenvalue weighted by molar-refractivity contribution is 5.80. The van der Waals surface area contributed by atoms with E-state index in [4.69, 9.17) is 9.47 Å². The van der Waals surface area contributed by atoms with Crippen molar-refractivity contribution < 1.29 is 18.7 Å². The molecule has 0 aliphatic carbocycles. The molecule has 26 heavy (non-hydrogen) atoms. The second kappa shape index (κ2) is 10.4. The van der Waals surface area contributed by atoms with Crippen molar-refractivity contribution in [3.05, 3.63) is 59.9 Å².